The number of fused-ring (bicyclic) bond motifs is 1. The molecule has 3 saturated carbocycles. The van der Waals surface area contributed by atoms with Crippen LogP contribution in [0.25, 0.3) is 0 Å². The molecule has 26 heavy (non-hydrogen) atoms. The molecule has 0 aliphatic heterocycles. The fraction of sp³-hybridized carbons (Fsp3) is 0.864. The smallest absolute Gasteiger partial charge is 0.133 e. The summed E-state index contributed by atoms with van der Waals surface area (Å²) in [6.45, 7) is 6.62. The summed E-state index contributed by atoms with van der Waals surface area (Å²) >= 11 is 0. The van der Waals surface area contributed by atoms with Gasteiger partial charge in [0.1, 0.15) is 5.78 Å². The highest BCUT2D eigenvalue weighted by atomic mass is 16.5. The summed E-state index contributed by atoms with van der Waals surface area (Å²) in [5, 5.41) is 19.7. The highest BCUT2D eigenvalue weighted by Crippen LogP contribution is 2.59. The van der Waals surface area contributed by atoms with Crippen LogP contribution < -0.4 is 0 Å². The minimum atomic E-state index is -0.427. The molecule has 0 bridgehead atoms. The molecule has 3 aliphatic carbocycles. The lowest BCUT2D eigenvalue weighted by molar-refractivity contribution is -0.177. The van der Waals surface area contributed by atoms with Gasteiger partial charge < -0.3 is 14.9 Å². The number of hydrogen-bond acceptors (Lipinski definition) is 4. The molecule has 4 nitrogen and oxygen atoms in total. The normalized spacial score (nSPS) is 43.3. The predicted octanol–water partition coefficient (Wildman–Crippen LogP) is 3.50. The van der Waals surface area contributed by atoms with E-state index >= 15 is 0 Å². The molecule has 0 radical (unpaired) electrons. The van der Waals surface area contributed by atoms with Gasteiger partial charge in [-0.1, -0.05) is 13.0 Å². The van der Waals surface area contributed by atoms with Gasteiger partial charge in [0.05, 0.1) is 25.4 Å². The Labute approximate surface area is 158 Å². The third kappa shape index (κ3) is 3.79. The molecule has 0 aromatic rings. The van der Waals surface area contributed by atoms with Crippen molar-refractivity contribution in [3.8, 4) is 0 Å². The third-order valence-electron chi connectivity index (χ3n) is 7.75. The van der Waals surface area contributed by atoms with Crippen LogP contribution in [0.15, 0.2) is 12.7 Å². The average molecular weight is 365 g/mol. The number of carbonyl (C=O) groups excluding carboxylic acids is 1. The fourth-order valence-electron chi connectivity index (χ4n) is 6.50. The molecule has 3 fully saturated rings. The molecule has 2 N–H and O–H groups in total. The van der Waals surface area contributed by atoms with E-state index in [-0.39, 0.29) is 18.1 Å². The summed E-state index contributed by atoms with van der Waals surface area (Å²) < 4.78 is 5.94. The van der Waals surface area contributed by atoms with Gasteiger partial charge in [0, 0.05) is 12.8 Å². The number of Topliss-reactive ketones (excluding diaryl/α,β-unsaturated/α-hetero) is 1. The first-order chi connectivity index (χ1) is 12.5. The molecule has 3 aliphatic rings. The summed E-state index contributed by atoms with van der Waals surface area (Å²) in [6, 6.07) is 0. The zero-order valence-electron chi connectivity index (χ0n) is 16.2. The molecule has 7 atom stereocenters. The standard InChI is InChI=1S/C22H36O4/c1-3-4-5-18-17(15-6-7-16(24)14-15)8-9-19-21(26-13-12-23)20(25)10-11-22(18,19)2/h3,15,17-21,23,25H,1,4-14H2,2H3/t15-,17+,18+,19+,20-,21-,22-/m1/s1. The number of ketones is 1. The van der Waals surface area contributed by atoms with Crippen molar-refractivity contribution in [1.29, 1.82) is 0 Å². The van der Waals surface area contributed by atoms with Gasteiger partial charge in [-0.15, -0.1) is 6.58 Å². The number of rotatable bonds is 7. The zero-order valence-corrected chi connectivity index (χ0v) is 16.2. The van der Waals surface area contributed by atoms with E-state index in [2.05, 4.69) is 13.5 Å². The molecular formula is C22H36O4. The van der Waals surface area contributed by atoms with Crippen LogP contribution in [-0.4, -0.2) is 41.4 Å². The van der Waals surface area contributed by atoms with Gasteiger partial charge >= 0.3 is 0 Å². The highest BCUT2D eigenvalue weighted by Gasteiger charge is 2.55. The Balaban J connectivity index is 1.84. The van der Waals surface area contributed by atoms with Crippen molar-refractivity contribution in [2.75, 3.05) is 13.2 Å². The van der Waals surface area contributed by atoms with Gasteiger partial charge in [-0.3, -0.25) is 4.79 Å². The third-order valence-corrected chi connectivity index (χ3v) is 7.75. The number of aliphatic hydroxyl groups is 2. The topological polar surface area (TPSA) is 66.8 Å². The first kappa shape index (κ1) is 20.0. The molecule has 0 heterocycles. The van der Waals surface area contributed by atoms with Gasteiger partial charge in [-0.05, 0) is 74.0 Å². The summed E-state index contributed by atoms with van der Waals surface area (Å²) in [6.07, 6.45) is 10.1. The number of hydrogen-bond donors (Lipinski definition) is 2. The summed E-state index contributed by atoms with van der Waals surface area (Å²) in [5.74, 6) is 2.48. The van der Waals surface area contributed by atoms with Crippen molar-refractivity contribution in [1.82, 2.24) is 0 Å². The van der Waals surface area contributed by atoms with E-state index in [1.54, 1.807) is 0 Å². The van der Waals surface area contributed by atoms with Crippen molar-refractivity contribution in [3.63, 3.8) is 0 Å². The zero-order chi connectivity index (χ0) is 18.7. The summed E-state index contributed by atoms with van der Waals surface area (Å²) in [7, 11) is 0. The lowest BCUT2D eigenvalue weighted by Crippen LogP contribution is -2.56. The van der Waals surface area contributed by atoms with E-state index in [9.17, 15) is 15.0 Å². The van der Waals surface area contributed by atoms with E-state index in [0.29, 0.717) is 36.1 Å². The Morgan fingerprint density at radius 3 is 2.77 bits per heavy atom. The molecular weight excluding hydrogens is 328 g/mol. The molecule has 4 heteroatoms. The van der Waals surface area contributed by atoms with E-state index in [0.717, 1.165) is 57.8 Å². The second-order valence-corrected chi connectivity index (χ2v) is 9.03. The molecule has 3 rings (SSSR count). The highest BCUT2D eigenvalue weighted by molar-refractivity contribution is 5.80. The molecule has 0 amide bonds. The van der Waals surface area contributed by atoms with Crippen molar-refractivity contribution in [2.45, 2.75) is 76.9 Å². The van der Waals surface area contributed by atoms with Gasteiger partial charge in [0.25, 0.3) is 0 Å². The van der Waals surface area contributed by atoms with Crippen LogP contribution in [0.4, 0.5) is 0 Å². The monoisotopic (exact) mass is 364 g/mol. The fourth-order valence-corrected chi connectivity index (χ4v) is 6.50. The maximum Gasteiger partial charge on any atom is 0.133 e. The average Bonchev–Trinajstić information content (AvgIpc) is 3.05. The Bertz CT molecular complexity index is 504. The van der Waals surface area contributed by atoms with Gasteiger partial charge in [-0.2, -0.15) is 0 Å². The largest absolute Gasteiger partial charge is 0.394 e. The minimum Gasteiger partial charge on any atom is -0.394 e. The van der Waals surface area contributed by atoms with Gasteiger partial charge in [0.15, 0.2) is 0 Å². The Morgan fingerprint density at radius 2 is 2.12 bits per heavy atom. The molecule has 0 unspecified atom stereocenters. The first-order valence-electron chi connectivity index (χ1n) is 10.5. The van der Waals surface area contributed by atoms with Crippen molar-refractivity contribution in [3.05, 3.63) is 12.7 Å². The van der Waals surface area contributed by atoms with Gasteiger partial charge in [-0.25, -0.2) is 0 Å². The lowest BCUT2D eigenvalue weighted by atomic mass is 9.49. The van der Waals surface area contributed by atoms with Crippen LogP contribution in [0, 0.1) is 29.1 Å². The Kier molecular flexibility index (Phi) is 6.58. The number of allylic oxidation sites excluding steroid dienone is 1. The molecule has 0 aromatic carbocycles. The lowest BCUT2D eigenvalue weighted by Gasteiger charge is -2.58. The minimum absolute atomic E-state index is 0.000637. The van der Waals surface area contributed by atoms with Crippen molar-refractivity contribution < 1.29 is 19.7 Å². The number of aliphatic hydroxyl groups excluding tert-OH is 2. The van der Waals surface area contributed by atoms with Crippen LogP contribution in [0.3, 0.4) is 0 Å². The quantitative estimate of drug-likeness (QED) is 0.679. The molecule has 0 aromatic heterocycles. The number of carbonyl (C=O) groups is 1. The molecule has 0 spiro atoms. The van der Waals surface area contributed by atoms with E-state index in [1.165, 1.54) is 0 Å². The van der Waals surface area contributed by atoms with Crippen LogP contribution in [0.2, 0.25) is 0 Å². The predicted molar refractivity (Wildman–Crippen MR) is 102 cm³/mol. The van der Waals surface area contributed by atoms with E-state index in [4.69, 9.17) is 4.74 Å². The SMILES string of the molecule is C=CCC[C@H]1[C@H]([C@@H]2CCC(=O)C2)CC[C@H]2[C@@H](OCCO)[C@H](O)CC[C@]12C. The van der Waals surface area contributed by atoms with Crippen LogP contribution in [-0.2, 0) is 9.53 Å². The molecule has 148 valence electrons. The maximum atomic E-state index is 11.9. The van der Waals surface area contributed by atoms with Crippen LogP contribution >= 0.6 is 0 Å². The Hall–Kier alpha value is -0.710. The Morgan fingerprint density at radius 1 is 1.31 bits per heavy atom. The van der Waals surface area contributed by atoms with E-state index in [1.807, 2.05) is 6.08 Å². The van der Waals surface area contributed by atoms with E-state index < -0.39 is 6.10 Å². The molecule has 0 saturated heterocycles. The number of ether oxygens (including phenoxy) is 1. The first-order valence-corrected chi connectivity index (χ1v) is 10.5. The maximum absolute atomic E-state index is 11.9. The second kappa shape index (κ2) is 8.53. The summed E-state index contributed by atoms with van der Waals surface area (Å²) in [5.41, 5.74) is 0.136. The van der Waals surface area contributed by atoms with Crippen LogP contribution in [0.1, 0.15) is 64.7 Å². The van der Waals surface area contributed by atoms with Crippen LogP contribution in [0.5, 0.6) is 0 Å². The summed E-state index contributed by atoms with van der Waals surface area (Å²) in [4.78, 5) is 11.9. The second-order valence-electron chi connectivity index (χ2n) is 9.03. The van der Waals surface area contributed by atoms with Crippen molar-refractivity contribution >= 4 is 5.78 Å². The van der Waals surface area contributed by atoms with Gasteiger partial charge in [0.2, 0.25) is 0 Å². The van der Waals surface area contributed by atoms with Crippen molar-refractivity contribution in [2.24, 2.45) is 29.1 Å².